The Labute approximate surface area is 198 Å². The minimum atomic E-state index is -3.89. The summed E-state index contributed by atoms with van der Waals surface area (Å²) in [7, 11) is -0.987. The number of anilines is 1. The van der Waals surface area contributed by atoms with Crippen LogP contribution in [0.3, 0.4) is 0 Å². The fraction of sp³-hybridized carbons (Fsp3) is 0.333. The second-order valence-electron chi connectivity index (χ2n) is 7.90. The quantitative estimate of drug-likeness (QED) is 0.494. The van der Waals surface area contributed by atoms with Gasteiger partial charge in [0.1, 0.15) is 28.0 Å². The second kappa shape index (κ2) is 10.5. The summed E-state index contributed by atoms with van der Waals surface area (Å²) in [6.07, 6.45) is 1.58. The highest BCUT2D eigenvalue weighted by atomic mass is 32.2. The number of sulfonamides is 1. The van der Waals surface area contributed by atoms with Crippen molar-refractivity contribution in [2.45, 2.75) is 10.9 Å². The van der Waals surface area contributed by atoms with E-state index >= 15 is 0 Å². The van der Waals surface area contributed by atoms with E-state index in [1.165, 1.54) is 32.4 Å². The van der Waals surface area contributed by atoms with Crippen LogP contribution in [-0.4, -0.2) is 60.3 Å². The van der Waals surface area contributed by atoms with Crippen molar-refractivity contribution in [3.05, 3.63) is 72.4 Å². The van der Waals surface area contributed by atoms with Gasteiger partial charge in [-0.05, 0) is 48.5 Å². The number of rotatable bonds is 9. The van der Waals surface area contributed by atoms with Crippen molar-refractivity contribution in [2.24, 2.45) is 0 Å². The monoisotopic (exact) mass is 489 g/mol. The lowest BCUT2D eigenvalue weighted by molar-refractivity contribution is 0.166. The highest BCUT2D eigenvalue weighted by Crippen LogP contribution is 2.29. The Bertz CT molecular complexity index is 1180. The van der Waals surface area contributed by atoms with Gasteiger partial charge in [0, 0.05) is 44.5 Å². The van der Waals surface area contributed by atoms with Gasteiger partial charge in [-0.2, -0.15) is 0 Å². The summed E-state index contributed by atoms with van der Waals surface area (Å²) in [5.41, 5.74) is 0.960. The zero-order valence-electron chi connectivity index (χ0n) is 19.1. The highest BCUT2D eigenvalue weighted by Gasteiger charge is 2.29. The van der Waals surface area contributed by atoms with Crippen LogP contribution in [0.4, 0.5) is 10.1 Å². The Morgan fingerprint density at radius 2 is 1.76 bits per heavy atom. The van der Waals surface area contributed by atoms with Crippen LogP contribution in [0.1, 0.15) is 11.8 Å². The van der Waals surface area contributed by atoms with E-state index in [9.17, 15) is 12.8 Å². The number of halogens is 1. The van der Waals surface area contributed by atoms with Crippen LogP contribution in [-0.2, 0) is 10.0 Å². The van der Waals surface area contributed by atoms with Gasteiger partial charge < -0.3 is 18.8 Å². The first kappa shape index (κ1) is 24.1. The van der Waals surface area contributed by atoms with Gasteiger partial charge in [-0.3, -0.25) is 4.90 Å². The molecule has 2 heterocycles. The van der Waals surface area contributed by atoms with E-state index in [2.05, 4.69) is 14.5 Å². The maximum atomic E-state index is 13.3. The molecule has 1 atom stereocenters. The van der Waals surface area contributed by atoms with Crippen molar-refractivity contribution in [1.29, 1.82) is 0 Å². The molecule has 10 heteroatoms. The normalized spacial score (nSPS) is 15.8. The van der Waals surface area contributed by atoms with Crippen molar-refractivity contribution < 1.29 is 26.7 Å². The largest absolute Gasteiger partial charge is 0.497 e. The van der Waals surface area contributed by atoms with Crippen LogP contribution in [0.25, 0.3) is 0 Å². The Hall–Kier alpha value is -3.08. The molecular weight excluding hydrogens is 461 g/mol. The van der Waals surface area contributed by atoms with E-state index in [-0.39, 0.29) is 29.0 Å². The number of benzene rings is 2. The molecule has 1 fully saturated rings. The molecule has 0 bridgehead atoms. The summed E-state index contributed by atoms with van der Waals surface area (Å²) in [5, 5.41) is 0. The van der Waals surface area contributed by atoms with E-state index in [4.69, 9.17) is 13.9 Å². The fourth-order valence-corrected chi connectivity index (χ4v) is 5.31. The predicted molar refractivity (Wildman–Crippen MR) is 126 cm³/mol. The molecule has 34 heavy (non-hydrogen) atoms. The van der Waals surface area contributed by atoms with Gasteiger partial charge in [0.05, 0.1) is 26.5 Å². The SMILES string of the molecule is COc1ccc(OC)c(S(=O)(=O)NCC(c2ccco2)N2CCN(c3ccc(F)cc3)CC2)c1. The number of methoxy groups -OCH3 is 2. The third-order valence-corrected chi connectivity index (χ3v) is 7.39. The molecule has 8 nitrogen and oxygen atoms in total. The van der Waals surface area contributed by atoms with Gasteiger partial charge in [-0.25, -0.2) is 17.5 Å². The lowest BCUT2D eigenvalue weighted by Gasteiger charge is -2.39. The predicted octanol–water partition coefficient (Wildman–Crippen LogP) is 3.28. The third kappa shape index (κ3) is 5.35. The number of hydrogen-bond acceptors (Lipinski definition) is 7. The van der Waals surface area contributed by atoms with E-state index < -0.39 is 10.0 Å². The number of furan rings is 1. The summed E-state index contributed by atoms with van der Waals surface area (Å²) in [6, 6.07) is 14.4. The molecule has 4 rings (SSSR count). The fourth-order valence-electron chi connectivity index (χ4n) is 4.09. The molecule has 1 aliphatic heterocycles. The van der Waals surface area contributed by atoms with E-state index in [1.54, 1.807) is 36.6 Å². The van der Waals surface area contributed by atoms with Crippen LogP contribution in [0, 0.1) is 5.82 Å². The van der Waals surface area contributed by atoms with Crippen LogP contribution in [0.2, 0.25) is 0 Å². The first-order valence-corrected chi connectivity index (χ1v) is 12.4. The first-order chi connectivity index (χ1) is 16.4. The van der Waals surface area contributed by atoms with E-state index in [0.29, 0.717) is 24.6 Å². The van der Waals surface area contributed by atoms with E-state index in [1.807, 2.05) is 6.07 Å². The van der Waals surface area contributed by atoms with Gasteiger partial charge in [0.15, 0.2) is 0 Å². The minimum absolute atomic E-state index is 0.00803. The summed E-state index contributed by atoms with van der Waals surface area (Å²) in [5.74, 6) is 1.06. The zero-order chi connectivity index (χ0) is 24.1. The molecule has 0 radical (unpaired) electrons. The van der Waals surface area contributed by atoms with Crippen molar-refractivity contribution in [2.75, 3.05) is 51.8 Å². The summed E-state index contributed by atoms with van der Waals surface area (Å²) >= 11 is 0. The second-order valence-corrected chi connectivity index (χ2v) is 9.63. The summed E-state index contributed by atoms with van der Waals surface area (Å²) in [4.78, 5) is 4.37. The standard InChI is InChI=1S/C24H28FN3O5S/c1-31-20-9-10-23(32-2)24(16-20)34(29,30)26-17-21(22-4-3-15-33-22)28-13-11-27(12-14-28)19-7-5-18(25)6-8-19/h3-10,15-16,21,26H,11-14,17H2,1-2H3. The molecule has 0 amide bonds. The van der Waals surface area contributed by atoms with Gasteiger partial charge in [0.25, 0.3) is 0 Å². The van der Waals surface area contributed by atoms with Crippen LogP contribution in [0.15, 0.2) is 70.2 Å². The number of ether oxygens (including phenoxy) is 2. The molecule has 1 saturated heterocycles. The molecular formula is C24H28FN3O5S. The van der Waals surface area contributed by atoms with Crippen molar-refractivity contribution in [1.82, 2.24) is 9.62 Å². The lowest BCUT2D eigenvalue weighted by atomic mass is 10.1. The summed E-state index contributed by atoms with van der Waals surface area (Å²) in [6.45, 7) is 2.94. The number of hydrogen-bond donors (Lipinski definition) is 1. The van der Waals surface area contributed by atoms with Crippen LogP contribution >= 0.6 is 0 Å². The maximum Gasteiger partial charge on any atom is 0.244 e. The van der Waals surface area contributed by atoms with Crippen LogP contribution in [0.5, 0.6) is 11.5 Å². The van der Waals surface area contributed by atoms with Gasteiger partial charge in [-0.15, -0.1) is 0 Å². The zero-order valence-corrected chi connectivity index (χ0v) is 19.9. The van der Waals surface area contributed by atoms with Crippen molar-refractivity contribution in [3.63, 3.8) is 0 Å². The van der Waals surface area contributed by atoms with Crippen molar-refractivity contribution in [3.8, 4) is 11.5 Å². The molecule has 1 unspecified atom stereocenters. The van der Waals surface area contributed by atoms with Crippen molar-refractivity contribution >= 4 is 15.7 Å². The van der Waals surface area contributed by atoms with Gasteiger partial charge in [-0.1, -0.05) is 0 Å². The third-order valence-electron chi connectivity index (χ3n) is 5.95. The molecule has 1 N–H and O–H groups in total. The Balaban J connectivity index is 1.48. The number of piperazine rings is 1. The topological polar surface area (TPSA) is 84.2 Å². The molecule has 0 aliphatic carbocycles. The maximum absolute atomic E-state index is 13.3. The summed E-state index contributed by atoms with van der Waals surface area (Å²) < 4.78 is 58.4. The highest BCUT2D eigenvalue weighted by molar-refractivity contribution is 7.89. The minimum Gasteiger partial charge on any atom is -0.497 e. The molecule has 0 spiro atoms. The molecule has 1 aliphatic rings. The molecule has 182 valence electrons. The Morgan fingerprint density at radius 3 is 2.38 bits per heavy atom. The van der Waals surface area contributed by atoms with Gasteiger partial charge >= 0.3 is 0 Å². The number of nitrogens with zero attached hydrogens (tertiary/aromatic N) is 2. The molecule has 1 aromatic heterocycles. The lowest BCUT2D eigenvalue weighted by Crippen LogP contribution is -2.49. The molecule has 2 aromatic carbocycles. The molecule has 0 saturated carbocycles. The average molecular weight is 490 g/mol. The molecule has 3 aromatic rings. The van der Waals surface area contributed by atoms with Crippen LogP contribution < -0.4 is 19.1 Å². The average Bonchev–Trinajstić information content (AvgIpc) is 3.39. The Kier molecular flexibility index (Phi) is 7.40. The smallest absolute Gasteiger partial charge is 0.244 e. The van der Waals surface area contributed by atoms with E-state index in [0.717, 1.165) is 18.8 Å². The number of nitrogens with one attached hydrogen (secondary N) is 1. The Morgan fingerprint density at radius 1 is 1.03 bits per heavy atom. The first-order valence-electron chi connectivity index (χ1n) is 10.9. The van der Waals surface area contributed by atoms with Gasteiger partial charge in [0.2, 0.25) is 10.0 Å².